The Morgan fingerprint density at radius 3 is 2.68 bits per heavy atom. The fraction of sp³-hybridized carbons (Fsp3) is 0.273. The van der Waals surface area contributed by atoms with Crippen molar-refractivity contribution in [3.05, 3.63) is 54.1 Å². The molecule has 0 saturated carbocycles. The maximum atomic E-state index is 12.8. The van der Waals surface area contributed by atoms with Crippen LogP contribution in [0.1, 0.15) is 25.3 Å². The van der Waals surface area contributed by atoms with Crippen molar-refractivity contribution in [2.24, 2.45) is 0 Å². The summed E-state index contributed by atoms with van der Waals surface area (Å²) in [5.74, 6) is 2.53. The summed E-state index contributed by atoms with van der Waals surface area (Å²) < 4.78 is 10.3. The van der Waals surface area contributed by atoms with E-state index < -0.39 is 12.2 Å². The van der Waals surface area contributed by atoms with Crippen molar-refractivity contribution in [1.82, 2.24) is 0 Å². The van der Waals surface area contributed by atoms with E-state index in [1.165, 1.54) is 0 Å². The molecule has 2 aromatic rings. The van der Waals surface area contributed by atoms with Crippen LogP contribution in [-0.2, 0) is 4.74 Å². The van der Waals surface area contributed by atoms with E-state index in [2.05, 4.69) is 18.2 Å². The quantitative estimate of drug-likeness (QED) is 0.688. The summed E-state index contributed by atoms with van der Waals surface area (Å²) in [6.07, 6.45) is 5.70. The predicted octanol–water partition coefficient (Wildman–Crippen LogP) is 4.98. The Kier molecular flexibility index (Phi) is 7.92. The van der Waals surface area contributed by atoms with Gasteiger partial charge in [-0.3, -0.25) is 10.2 Å². The molecule has 0 bridgehead atoms. The number of ether oxygens (including phenoxy) is 2. The van der Waals surface area contributed by atoms with Gasteiger partial charge < -0.3 is 9.47 Å². The number of hydrogen-bond donors (Lipinski definition) is 1. The summed E-state index contributed by atoms with van der Waals surface area (Å²) in [6.45, 7) is 4.47. The zero-order chi connectivity index (χ0) is 20.4. The van der Waals surface area contributed by atoms with Gasteiger partial charge in [0.1, 0.15) is 5.75 Å². The van der Waals surface area contributed by atoms with Gasteiger partial charge in [0.25, 0.3) is 0 Å². The molecule has 2 aromatic carbocycles. The van der Waals surface area contributed by atoms with Crippen LogP contribution in [0.15, 0.2) is 48.5 Å². The molecule has 0 aliphatic heterocycles. The minimum atomic E-state index is -0.675. The van der Waals surface area contributed by atoms with Gasteiger partial charge >= 0.3 is 12.2 Å². The number of amides is 2. The maximum Gasteiger partial charge on any atom is 0.419 e. The van der Waals surface area contributed by atoms with Crippen LogP contribution in [0.5, 0.6) is 5.75 Å². The van der Waals surface area contributed by atoms with E-state index in [1.807, 2.05) is 31.2 Å². The SMILES string of the molecule is C#CCOC(=O)Nc1cccc(OC(=O)N(CCCC)c2cccc(C)c2)c1. The predicted molar refractivity (Wildman–Crippen MR) is 110 cm³/mol. The van der Waals surface area contributed by atoms with Crippen molar-refractivity contribution in [3.63, 3.8) is 0 Å². The molecule has 0 aliphatic rings. The third-order valence-corrected chi connectivity index (χ3v) is 3.84. The molecule has 6 heteroatoms. The minimum absolute atomic E-state index is 0.122. The van der Waals surface area contributed by atoms with Crippen molar-refractivity contribution >= 4 is 23.6 Å². The molecule has 0 unspecified atom stereocenters. The number of carbonyl (C=O) groups excluding carboxylic acids is 2. The number of nitrogens with zero attached hydrogens (tertiary/aromatic N) is 1. The Hall–Kier alpha value is -3.46. The van der Waals surface area contributed by atoms with Crippen molar-refractivity contribution in [1.29, 1.82) is 0 Å². The van der Waals surface area contributed by atoms with Gasteiger partial charge in [-0.2, -0.15) is 0 Å². The lowest BCUT2D eigenvalue weighted by Gasteiger charge is -2.22. The van der Waals surface area contributed by atoms with Crippen molar-refractivity contribution in [3.8, 4) is 18.1 Å². The number of terminal acetylenes is 1. The number of nitrogens with one attached hydrogen (secondary N) is 1. The number of unbranched alkanes of at least 4 members (excludes halogenated alkanes) is 1. The second-order valence-electron chi connectivity index (χ2n) is 6.15. The smallest absolute Gasteiger partial charge is 0.419 e. The number of carbonyl (C=O) groups is 2. The number of hydrogen-bond acceptors (Lipinski definition) is 4. The monoisotopic (exact) mass is 380 g/mol. The van der Waals surface area contributed by atoms with Crippen LogP contribution >= 0.6 is 0 Å². The maximum absolute atomic E-state index is 12.8. The fourth-order valence-electron chi connectivity index (χ4n) is 2.49. The zero-order valence-electron chi connectivity index (χ0n) is 16.1. The minimum Gasteiger partial charge on any atom is -0.436 e. The lowest BCUT2D eigenvalue weighted by Crippen LogP contribution is -2.34. The van der Waals surface area contributed by atoms with Crippen LogP contribution in [-0.4, -0.2) is 25.3 Å². The molecule has 1 N–H and O–H groups in total. The molecule has 28 heavy (non-hydrogen) atoms. The third kappa shape index (κ3) is 6.36. The second kappa shape index (κ2) is 10.6. The second-order valence-corrected chi connectivity index (χ2v) is 6.15. The number of rotatable bonds is 7. The average Bonchev–Trinajstić information content (AvgIpc) is 2.67. The lowest BCUT2D eigenvalue weighted by atomic mass is 10.2. The molecule has 0 aliphatic carbocycles. The highest BCUT2D eigenvalue weighted by Crippen LogP contribution is 2.22. The van der Waals surface area contributed by atoms with Crippen LogP contribution in [0.2, 0.25) is 0 Å². The number of aryl methyl sites for hydroxylation is 1. The molecule has 0 saturated heterocycles. The zero-order valence-corrected chi connectivity index (χ0v) is 16.1. The van der Waals surface area contributed by atoms with Crippen LogP contribution in [0.25, 0.3) is 0 Å². The van der Waals surface area contributed by atoms with E-state index in [0.717, 1.165) is 24.1 Å². The van der Waals surface area contributed by atoms with Gasteiger partial charge in [-0.05, 0) is 43.2 Å². The van der Waals surface area contributed by atoms with Gasteiger partial charge in [0.05, 0.1) is 0 Å². The molecule has 2 rings (SSSR count). The first-order chi connectivity index (χ1) is 13.5. The Morgan fingerprint density at radius 2 is 1.96 bits per heavy atom. The summed E-state index contributed by atoms with van der Waals surface area (Å²) >= 11 is 0. The Labute approximate surface area is 165 Å². The molecule has 0 atom stereocenters. The topological polar surface area (TPSA) is 67.9 Å². The molecule has 146 valence electrons. The molecular weight excluding hydrogens is 356 g/mol. The molecule has 2 amide bonds. The molecule has 6 nitrogen and oxygen atoms in total. The molecule has 0 fully saturated rings. The van der Waals surface area contributed by atoms with Crippen LogP contribution < -0.4 is 15.0 Å². The third-order valence-electron chi connectivity index (χ3n) is 3.84. The first kappa shape index (κ1) is 20.8. The van der Waals surface area contributed by atoms with Gasteiger partial charge in [0.2, 0.25) is 0 Å². The average molecular weight is 380 g/mol. The molecule has 0 heterocycles. The Morgan fingerprint density at radius 1 is 1.18 bits per heavy atom. The first-order valence-electron chi connectivity index (χ1n) is 9.06. The normalized spacial score (nSPS) is 9.89. The standard InChI is InChI=1S/C22H24N2O4/c1-4-6-13-24(19-11-7-9-17(3)15-19)22(26)28-20-12-8-10-18(16-20)23-21(25)27-14-5-2/h2,7-12,15-16H,4,6,13-14H2,1,3H3,(H,23,25). The Bertz CT molecular complexity index is 858. The van der Waals surface area contributed by atoms with Crippen molar-refractivity contribution in [2.45, 2.75) is 26.7 Å². The van der Waals surface area contributed by atoms with Crippen LogP contribution in [0.3, 0.4) is 0 Å². The highest BCUT2D eigenvalue weighted by atomic mass is 16.6. The van der Waals surface area contributed by atoms with Crippen LogP contribution in [0, 0.1) is 19.3 Å². The van der Waals surface area contributed by atoms with Crippen LogP contribution in [0.4, 0.5) is 21.0 Å². The van der Waals surface area contributed by atoms with Gasteiger partial charge in [-0.15, -0.1) is 6.42 Å². The highest BCUT2D eigenvalue weighted by Gasteiger charge is 2.18. The van der Waals surface area contributed by atoms with E-state index >= 15 is 0 Å². The Balaban J connectivity index is 2.11. The largest absolute Gasteiger partial charge is 0.436 e. The first-order valence-corrected chi connectivity index (χ1v) is 9.06. The van der Waals surface area contributed by atoms with Crippen molar-refractivity contribution < 1.29 is 19.1 Å². The molecular formula is C22H24N2O4. The molecule has 0 aromatic heterocycles. The van der Waals surface area contributed by atoms with E-state index in [1.54, 1.807) is 29.2 Å². The summed E-state index contributed by atoms with van der Waals surface area (Å²) in [7, 11) is 0. The van der Waals surface area contributed by atoms with E-state index in [0.29, 0.717) is 18.0 Å². The van der Waals surface area contributed by atoms with E-state index in [4.69, 9.17) is 15.9 Å². The van der Waals surface area contributed by atoms with Gasteiger partial charge in [-0.1, -0.05) is 37.5 Å². The number of anilines is 2. The molecule has 0 spiro atoms. The summed E-state index contributed by atoms with van der Waals surface area (Å²) in [4.78, 5) is 26.0. The van der Waals surface area contributed by atoms with Gasteiger partial charge in [0, 0.05) is 24.0 Å². The molecule has 0 radical (unpaired) electrons. The fourth-order valence-corrected chi connectivity index (χ4v) is 2.49. The summed E-state index contributed by atoms with van der Waals surface area (Å²) in [6, 6.07) is 14.2. The lowest BCUT2D eigenvalue weighted by molar-refractivity contribution is 0.176. The van der Waals surface area contributed by atoms with E-state index in [-0.39, 0.29) is 6.61 Å². The number of benzene rings is 2. The van der Waals surface area contributed by atoms with E-state index in [9.17, 15) is 9.59 Å². The van der Waals surface area contributed by atoms with Gasteiger partial charge in [-0.25, -0.2) is 9.59 Å². The summed E-state index contributed by atoms with van der Waals surface area (Å²) in [5, 5.41) is 2.53. The van der Waals surface area contributed by atoms with Crippen molar-refractivity contribution in [2.75, 3.05) is 23.4 Å². The summed E-state index contributed by atoms with van der Waals surface area (Å²) in [5.41, 5.74) is 2.28. The highest BCUT2D eigenvalue weighted by molar-refractivity contribution is 5.90. The van der Waals surface area contributed by atoms with Gasteiger partial charge in [0.15, 0.2) is 6.61 Å².